The van der Waals surface area contributed by atoms with Crippen LogP contribution in [-0.2, 0) is 18.8 Å². The third-order valence-corrected chi connectivity index (χ3v) is 3.35. The fourth-order valence-corrected chi connectivity index (χ4v) is 2.11. The Balaban J connectivity index is 0.000000289. The molecule has 0 aliphatic heterocycles. The Hall–Kier alpha value is -2.55. The summed E-state index contributed by atoms with van der Waals surface area (Å²) < 4.78 is 78.3. The molecule has 2 aromatic carbocycles. The number of para-hydroxylation sites is 1. The molecule has 0 spiro atoms. The number of carbonyl (C=O) groups is 1. The zero-order chi connectivity index (χ0) is 20.7. The van der Waals surface area contributed by atoms with Crippen molar-refractivity contribution in [2.24, 2.45) is 5.73 Å². The molecule has 0 atom stereocenters. The zero-order valence-corrected chi connectivity index (χ0v) is 14.2. The van der Waals surface area contributed by atoms with Gasteiger partial charge in [-0.15, -0.1) is 0 Å². The van der Waals surface area contributed by atoms with E-state index < -0.39 is 29.0 Å². The number of benzene rings is 2. The lowest BCUT2D eigenvalue weighted by atomic mass is 10.1. The SMILES string of the molecule is COc1ccccc1CCN.O=Cc1cc(C(F)(F)F)cc(C(F)(F)F)c1. The zero-order valence-electron chi connectivity index (χ0n) is 14.2. The minimum absolute atomic E-state index is 0.0347. The van der Waals surface area contributed by atoms with Crippen LogP contribution in [0, 0.1) is 0 Å². The Morgan fingerprint density at radius 3 is 1.89 bits per heavy atom. The van der Waals surface area contributed by atoms with Crippen molar-refractivity contribution in [1.82, 2.24) is 0 Å². The van der Waals surface area contributed by atoms with Crippen LogP contribution < -0.4 is 10.5 Å². The quantitative estimate of drug-likeness (QED) is 0.603. The third kappa shape index (κ3) is 6.93. The number of ether oxygens (including phenoxy) is 1. The van der Waals surface area contributed by atoms with Crippen molar-refractivity contribution in [3.05, 3.63) is 64.7 Å². The molecule has 0 saturated carbocycles. The highest BCUT2D eigenvalue weighted by atomic mass is 19.4. The molecule has 0 amide bonds. The molecule has 0 aliphatic rings. The first-order valence-electron chi connectivity index (χ1n) is 7.59. The van der Waals surface area contributed by atoms with Crippen LogP contribution in [0.5, 0.6) is 5.75 Å². The second-order valence-corrected chi connectivity index (χ2v) is 5.31. The van der Waals surface area contributed by atoms with E-state index in [4.69, 9.17) is 10.5 Å². The summed E-state index contributed by atoms with van der Waals surface area (Å²) in [6.07, 6.45) is -9.02. The number of halogens is 6. The van der Waals surface area contributed by atoms with E-state index in [9.17, 15) is 31.1 Å². The molecule has 0 saturated heterocycles. The van der Waals surface area contributed by atoms with Crippen LogP contribution in [0.2, 0.25) is 0 Å². The van der Waals surface area contributed by atoms with Crippen molar-refractivity contribution in [2.75, 3.05) is 13.7 Å². The molecule has 2 rings (SSSR count). The highest BCUT2D eigenvalue weighted by Crippen LogP contribution is 2.35. The molecule has 0 aliphatic carbocycles. The Labute approximate surface area is 151 Å². The van der Waals surface area contributed by atoms with Gasteiger partial charge in [-0.1, -0.05) is 18.2 Å². The number of hydrogen-bond acceptors (Lipinski definition) is 3. The van der Waals surface area contributed by atoms with Gasteiger partial charge < -0.3 is 10.5 Å². The van der Waals surface area contributed by atoms with Crippen LogP contribution in [-0.4, -0.2) is 19.9 Å². The van der Waals surface area contributed by atoms with Crippen LogP contribution in [0.25, 0.3) is 0 Å². The van der Waals surface area contributed by atoms with Gasteiger partial charge in [0, 0.05) is 5.56 Å². The van der Waals surface area contributed by atoms with Crippen molar-refractivity contribution in [2.45, 2.75) is 18.8 Å². The number of alkyl halides is 6. The van der Waals surface area contributed by atoms with E-state index in [2.05, 4.69) is 0 Å². The summed E-state index contributed by atoms with van der Waals surface area (Å²) in [5.41, 5.74) is 2.95. The van der Waals surface area contributed by atoms with Crippen molar-refractivity contribution >= 4 is 6.29 Å². The maximum absolute atomic E-state index is 12.2. The second kappa shape index (κ2) is 9.40. The summed E-state index contributed by atoms with van der Waals surface area (Å²) in [6.45, 7) is 0.667. The molecule has 0 fully saturated rings. The average Bonchev–Trinajstić information content (AvgIpc) is 2.61. The Bertz CT molecular complexity index is 724. The molecule has 0 radical (unpaired) electrons. The molecule has 3 nitrogen and oxygen atoms in total. The van der Waals surface area contributed by atoms with E-state index in [0.717, 1.165) is 12.2 Å². The predicted octanol–water partition coefficient (Wildman–Crippen LogP) is 4.73. The van der Waals surface area contributed by atoms with Crippen LogP contribution in [0.1, 0.15) is 27.0 Å². The van der Waals surface area contributed by atoms with Crippen molar-refractivity contribution in [3.63, 3.8) is 0 Å². The summed E-state index contributed by atoms with van der Waals surface area (Å²) in [6, 6.07) is 8.63. The largest absolute Gasteiger partial charge is 0.496 e. The number of methoxy groups -OCH3 is 1. The van der Waals surface area contributed by atoms with E-state index in [1.165, 1.54) is 5.56 Å². The van der Waals surface area contributed by atoms with Gasteiger partial charge in [-0.2, -0.15) is 26.3 Å². The predicted molar refractivity (Wildman–Crippen MR) is 87.6 cm³/mol. The molecule has 0 aromatic heterocycles. The first-order chi connectivity index (χ1) is 12.5. The van der Waals surface area contributed by atoms with E-state index in [1.54, 1.807) is 7.11 Å². The normalized spacial score (nSPS) is 11.4. The summed E-state index contributed by atoms with van der Waals surface area (Å²) >= 11 is 0. The first-order valence-corrected chi connectivity index (χ1v) is 7.59. The van der Waals surface area contributed by atoms with Gasteiger partial charge >= 0.3 is 12.4 Å². The van der Waals surface area contributed by atoms with Crippen LogP contribution in [0.15, 0.2) is 42.5 Å². The molecule has 0 bridgehead atoms. The Morgan fingerprint density at radius 2 is 1.48 bits per heavy atom. The third-order valence-electron chi connectivity index (χ3n) is 3.35. The monoisotopic (exact) mass is 393 g/mol. The number of rotatable bonds is 4. The van der Waals surface area contributed by atoms with Crippen LogP contribution in [0.3, 0.4) is 0 Å². The summed E-state index contributed by atoms with van der Waals surface area (Å²) in [4.78, 5) is 10.2. The molecule has 2 N–H and O–H groups in total. The molecule has 0 unspecified atom stereocenters. The van der Waals surface area contributed by atoms with Crippen molar-refractivity contribution in [3.8, 4) is 5.75 Å². The van der Waals surface area contributed by atoms with E-state index in [0.29, 0.717) is 18.7 Å². The number of aldehydes is 1. The summed E-state index contributed by atoms with van der Waals surface area (Å²) in [5, 5.41) is 0. The van der Waals surface area contributed by atoms with E-state index in [-0.39, 0.29) is 12.4 Å². The summed E-state index contributed by atoms with van der Waals surface area (Å²) in [5.74, 6) is 0.929. The van der Waals surface area contributed by atoms with Gasteiger partial charge in [0.2, 0.25) is 0 Å². The van der Waals surface area contributed by atoms with Crippen LogP contribution in [0.4, 0.5) is 26.3 Å². The summed E-state index contributed by atoms with van der Waals surface area (Å²) in [7, 11) is 1.68. The number of carbonyl (C=O) groups excluding carboxylic acids is 1. The molecular weight excluding hydrogens is 376 g/mol. The van der Waals surface area contributed by atoms with Gasteiger partial charge in [-0.05, 0) is 42.8 Å². The maximum Gasteiger partial charge on any atom is 0.416 e. The fourth-order valence-electron chi connectivity index (χ4n) is 2.11. The topological polar surface area (TPSA) is 52.3 Å². The minimum Gasteiger partial charge on any atom is -0.496 e. The lowest BCUT2D eigenvalue weighted by Crippen LogP contribution is -2.11. The van der Waals surface area contributed by atoms with Crippen molar-refractivity contribution in [1.29, 1.82) is 0 Å². The lowest BCUT2D eigenvalue weighted by molar-refractivity contribution is -0.143. The first kappa shape index (κ1) is 22.5. The highest BCUT2D eigenvalue weighted by molar-refractivity contribution is 5.75. The van der Waals surface area contributed by atoms with Gasteiger partial charge in [0.1, 0.15) is 12.0 Å². The van der Waals surface area contributed by atoms with Gasteiger partial charge in [-0.25, -0.2) is 0 Å². The fraction of sp³-hybridized carbons (Fsp3) is 0.278. The molecule has 0 heterocycles. The van der Waals surface area contributed by atoms with Gasteiger partial charge in [0.05, 0.1) is 18.2 Å². The standard InChI is InChI=1S/C9H4F6O.C9H13NO/c10-8(11,12)6-1-5(4-16)2-7(3-6)9(13,14)15;1-11-9-5-3-2-4-8(9)6-7-10/h1-4H;2-5H,6-7,10H2,1H3. The molecule has 9 heteroatoms. The Kier molecular flexibility index (Phi) is 7.83. The van der Waals surface area contributed by atoms with Crippen molar-refractivity contribution < 1.29 is 35.9 Å². The average molecular weight is 393 g/mol. The molecule has 27 heavy (non-hydrogen) atoms. The van der Waals surface area contributed by atoms with E-state index >= 15 is 0 Å². The molecule has 2 aromatic rings. The minimum atomic E-state index is -4.92. The van der Waals surface area contributed by atoms with Crippen LogP contribution >= 0.6 is 0 Å². The molecule has 148 valence electrons. The highest BCUT2D eigenvalue weighted by Gasteiger charge is 2.36. The second-order valence-electron chi connectivity index (χ2n) is 5.31. The smallest absolute Gasteiger partial charge is 0.416 e. The van der Waals surface area contributed by atoms with Gasteiger partial charge in [0.15, 0.2) is 0 Å². The Morgan fingerprint density at radius 1 is 0.963 bits per heavy atom. The number of nitrogens with two attached hydrogens (primary N) is 1. The van der Waals surface area contributed by atoms with Gasteiger partial charge in [-0.3, -0.25) is 4.79 Å². The van der Waals surface area contributed by atoms with Gasteiger partial charge in [0.25, 0.3) is 0 Å². The maximum atomic E-state index is 12.2. The molecular formula is C18H17F6NO2. The number of hydrogen-bond donors (Lipinski definition) is 1. The lowest BCUT2D eigenvalue weighted by Gasteiger charge is -2.12. The van der Waals surface area contributed by atoms with E-state index in [1.807, 2.05) is 24.3 Å².